The summed E-state index contributed by atoms with van der Waals surface area (Å²) in [4.78, 5) is 0.660. The van der Waals surface area contributed by atoms with Crippen LogP contribution in [0, 0.1) is 0 Å². The van der Waals surface area contributed by atoms with Crippen LogP contribution in [0.5, 0.6) is 0 Å². The van der Waals surface area contributed by atoms with Gasteiger partial charge in [-0.3, -0.25) is 0 Å². The van der Waals surface area contributed by atoms with E-state index in [1.165, 1.54) is 0 Å². The third kappa shape index (κ3) is 34.1. The molecule has 10 heteroatoms. The van der Waals surface area contributed by atoms with Crippen molar-refractivity contribution in [3.63, 3.8) is 0 Å². The Kier molecular flexibility index (Phi) is 42.4. The standard InChI is InChI=1S/3C3H6Br2O.Sb/c3*4-1-3(5)2-6;/h3*3,6H,1-2H2;. The Labute approximate surface area is 183 Å². The average Bonchev–Trinajstić information content (AvgIpc) is 2.45. The minimum atomic E-state index is 0. The van der Waals surface area contributed by atoms with E-state index >= 15 is 0 Å². The molecule has 0 aliphatic heterocycles. The van der Waals surface area contributed by atoms with E-state index in [1.54, 1.807) is 0 Å². The van der Waals surface area contributed by atoms with Crippen LogP contribution in [-0.2, 0) is 0 Å². The Bertz CT molecular complexity index is 113. The van der Waals surface area contributed by atoms with Crippen LogP contribution in [-0.4, -0.2) is 90.0 Å². The van der Waals surface area contributed by atoms with Gasteiger partial charge in [0.25, 0.3) is 0 Å². The van der Waals surface area contributed by atoms with Gasteiger partial charge in [0.2, 0.25) is 0 Å². The molecule has 0 fully saturated rings. The van der Waals surface area contributed by atoms with Gasteiger partial charge < -0.3 is 15.3 Å². The molecule has 3 radical (unpaired) electrons. The van der Waals surface area contributed by atoms with Crippen LogP contribution in [0.15, 0.2) is 0 Å². The predicted molar refractivity (Wildman–Crippen MR) is 107 cm³/mol. The van der Waals surface area contributed by atoms with Crippen molar-refractivity contribution in [3.05, 3.63) is 0 Å². The van der Waals surface area contributed by atoms with Gasteiger partial charge in [0.1, 0.15) is 0 Å². The maximum Gasteiger partial charge on any atom is 0.0564 e. The first-order valence-corrected chi connectivity index (χ1v) is 11.0. The summed E-state index contributed by atoms with van der Waals surface area (Å²) in [6.45, 7) is 0.599. The van der Waals surface area contributed by atoms with E-state index in [1.807, 2.05) is 0 Å². The fraction of sp³-hybridized carbons (Fsp3) is 1.00. The Morgan fingerprint density at radius 1 is 0.579 bits per heavy atom. The van der Waals surface area contributed by atoms with Crippen LogP contribution in [0.2, 0.25) is 0 Å². The summed E-state index contributed by atoms with van der Waals surface area (Å²) in [5.74, 6) is 0. The topological polar surface area (TPSA) is 60.7 Å². The predicted octanol–water partition coefficient (Wildman–Crippen LogP) is 3.03. The summed E-state index contributed by atoms with van der Waals surface area (Å²) in [6, 6.07) is 0. The van der Waals surface area contributed by atoms with Gasteiger partial charge in [-0.2, -0.15) is 0 Å². The van der Waals surface area contributed by atoms with Crippen molar-refractivity contribution in [2.45, 2.75) is 14.5 Å². The van der Waals surface area contributed by atoms with E-state index in [0.29, 0.717) is 0 Å². The molecule has 119 valence electrons. The monoisotopic (exact) mass is 769 g/mol. The third-order valence-electron chi connectivity index (χ3n) is 1.10. The van der Waals surface area contributed by atoms with E-state index in [4.69, 9.17) is 15.3 Å². The van der Waals surface area contributed by atoms with Gasteiger partial charge >= 0.3 is 0 Å². The quantitative estimate of drug-likeness (QED) is 0.288. The second kappa shape index (κ2) is 26.5. The Hall–Kier alpha value is 3.58. The van der Waals surface area contributed by atoms with Gasteiger partial charge in [0, 0.05) is 54.9 Å². The Morgan fingerprint density at radius 3 is 0.737 bits per heavy atom. The Morgan fingerprint density at radius 2 is 0.737 bits per heavy atom. The summed E-state index contributed by atoms with van der Waals surface area (Å²) in [5.41, 5.74) is 0. The minimum absolute atomic E-state index is 0. The maximum atomic E-state index is 8.26. The molecule has 0 aromatic carbocycles. The smallest absolute Gasteiger partial charge is 0.0564 e. The summed E-state index contributed by atoms with van der Waals surface area (Å²) in [6.07, 6.45) is 0. The molecule has 0 saturated heterocycles. The van der Waals surface area contributed by atoms with Gasteiger partial charge in [-0.25, -0.2) is 0 Å². The van der Waals surface area contributed by atoms with E-state index in [-0.39, 0.29) is 58.7 Å². The van der Waals surface area contributed by atoms with E-state index in [0.717, 1.165) is 16.0 Å². The SMILES string of the molecule is OCC(Br)CBr.OCC(Br)CBr.OCC(Br)CBr.[Sb]. The number of aliphatic hydroxyl groups excluding tert-OH is 3. The molecule has 0 aliphatic rings. The first kappa shape index (κ1) is 30.5. The molecule has 19 heavy (non-hydrogen) atoms. The van der Waals surface area contributed by atoms with Gasteiger partial charge in [0.05, 0.1) is 19.8 Å². The second-order valence-corrected chi connectivity index (χ2v) is 8.63. The van der Waals surface area contributed by atoms with Crippen LogP contribution in [0.1, 0.15) is 0 Å². The summed E-state index contributed by atoms with van der Waals surface area (Å²) in [5, 5.41) is 27.2. The van der Waals surface area contributed by atoms with Crippen molar-refractivity contribution >= 4 is 120 Å². The van der Waals surface area contributed by atoms with Crippen molar-refractivity contribution in [2.24, 2.45) is 0 Å². The van der Waals surface area contributed by atoms with Gasteiger partial charge in [-0.1, -0.05) is 95.6 Å². The van der Waals surface area contributed by atoms with E-state index in [9.17, 15) is 0 Å². The number of halogens is 6. The molecule has 0 aromatic heterocycles. The summed E-state index contributed by atoms with van der Waals surface area (Å²) >= 11 is 19.0. The molecule has 0 aliphatic carbocycles. The molecule has 0 spiro atoms. The van der Waals surface area contributed by atoms with Gasteiger partial charge in [0.15, 0.2) is 0 Å². The summed E-state index contributed by atoms with van der Waals surface area (Å²) in [7, 11) is 0. The number of aliphatic hydroxyl groups is 3. The van der Waals surface area contributed by atoms with Crippen molar-refractivity contribution in [2.75, 3.05) is 35.8 Å². The molecule has 0 amide bonds. The van der Waals surface area contributed by atoms with Crippen LogP contribution < -0.4 is 0 Å². The number of alkyl halides is 6. The zero-order chi connectivity index (χ0) is 15.0. The zero-order valence-electron chi connectivity index (χ0n) is 10.0. The number of rotatable bonds is 6. The number of hydrogen-bond donors (Lipinski definition) is 3. The fourth-order valence-electron chi connectivity index (χ4n) is 0.146. The molecule has 0 saturated carbocycles. The molecule has 0 rings (SSSR count). The van der Waals surface area contributed by atoms with Crippen LogP contribution in [0.4, 0.5) is 0 Å². The molecule has 3 N–H and O–H groups in total. The van der Waals surface area contributed by atoms with Crippen LogP contribution in [0.25, 0.3) is 0 Å². The van der Waals surface area contributed by atoms with Crippen molar-refractivity contribution in [1.82, 2.24) is 0 Å². The second-order valence-electron chi connectivity index (χ2n) is 2.80. The minimum Gasteiger partial charge on any atom is -0.395 e. The molecular formula is C9H18Br6O3Sb. The molecule has 0 bridgehead atoms. The van der Waals surface area contributed by atoms with Crippen molar-refractivity contribution < 1.29 is 15.3 Å². The third-order valence-corrected chi connectivity index (χ3v) is 7.89. The maximum absolute atomic E-state index is 8.26. The number of hydrogen-bond acceptors (Lipinski definition) is 3. The van der Waals surface area contributed by atoms with Crippen molar-refractivity contribution in [1.29, 1.82) is 0 Å². The van der Waals surface area contributed by atoms with Gasteiger partial charge in [-0.15, -0.1) is 0 Å². The van der Waals surface area contributed by atoms with E-state index < -0.39 is 0 Å². The average molecular weight is 775 g/mol. The van der Waals surface area contributed by atoms with Gasteiger partial charge in [-0.05, 0) is 0 Å². The van der Waals surface area contributed by atoms with Crippen molar-refractivity contribution in [3.8, 4) is 0 Å². The van der Waals surface area contributed by atoms with E-state index in [2.05, 4.69) is 95.6 Å². The molecule has 3 unspecified atom stereocenters. The van der Waals surface area contributed by atoms with Crippen LogP contribution >= 0.6 is 95.6 Å². The first-order valence-electron chi connectivity index (χ1n) is 4.85. The largest absolute Gasteiger partial charge is 0.395 e. The summed E-state index contributed by atoms with van der Waals surface area (Å²) < 4.78 is 0. The molecule has 0 aromatic rings. The fourth-order valence-corrected chi connectivity index (χ4v) is 0.761. The molecule has 3 atom stereocenters. The Balaban J connectivity index is -0.0000000865. The normalized spacial score (nSPS) is 13.7. The molecule has 0 heterocycles. The molecule has 3 nitrogen and oxygen atoms in total. The molecular weight excluding hydrogens is 757 g/mol. The van der Waals surface area contributed by atoms with Crippen LogP contribution in [0.3, 0.4) is 0 Å². The first-order chi connectivity index (χ1) is 8.42. The zero-order valence-corrected chi connectivity index (χ0v) is 22.1.